The molecular formula is C15H24N4O3. The Labute approximate surface area is 130 Å². The van der Waals surface area contributed by atoms with Gasteiger partial charge in [0, 0.05) is 19.2 Å². The van der Waals surface area contributed by atoms with Gasteiger partial charge >= 0.3 is 12.0 Å². The van der Waals surface area contributed by atoms with Crippen molar-refractivity contribution in [3.05, 3.63) is 12.3 Å². The topological polar surface area (TPSA) is 85.3 Å². The van der Waals surface area contributed by atoms with Gasteiger partial charge in [-0.25, -0.2) is 4.79 Å². The number of carbonyl (C=O) groups excluding carboxylic acids is 2. The second-order valence-corrected chi connectivity index (χ2v) is 6.62. The number of nitrogens with one attached hydrogen (secondary N) is 2. The van der Waals surface area contributed by atoms with E-state index < -0.39 is 5.60 Å². The Morgan fingerprint density at radius 2 is 2.09 bits per heavy atom. The summed E-state index contributed by atoms with van der Waals surface area (Å²) in [5.74, 6) is 0.0802. The van der Waals surface area contributed by atoms with Gasteiger partial charge in [0.1, 0.15) is 11.4 Å². The van der Waals surface area contributed by atoms with E-state index in [0.29, 0.717) is 5.82 Å². The predicted molar refractivity (Wildman–Crippen MR) is 82.3 cm³/mol. The van der Waals surface area contributed by atoms with Crippen molar-refractivity contribution >= 4 is 17.8 Å². The van der Waals surface area contributed by atoms with Gasteiger partial charge in [-0.2, -0.15) is 5.10 Å². The Morgan fingerprint density at radius 3 is 2.68 bits per heavy atom. The van der Waals surface area contributed by atoms with Crippen molar-refractivity contribution in [2.45, 2.75) is 51.7 Å². The fraction of sp³-hybridized carbons (Fsp3) is 0.667. The quantitative estimate of drug-likeness (QED) is 0.837. The van der Waals surface area contributed by atoms with Crippen molar-refractivity contribution in [3.8, 4) is 0 Å². The molecule has 0 aliphatic heterocycles. The maximum Gasteiger partial charge on any atom is 0.320 e. The van der Waals surface area contributed by atoms with Crippen LogP contribution >= 0.6 is 0 Å². The van der Waals surface area contributed by atoms with Crippen LogP contribution in [0.3, 0.4) is 0 Å². The Hall–Kier alpha value is -2.05. The first-order valence-corrected chi connectivity index (χ1v) is 7.54. The van der Waals surface area contributed by atoms with E-state index in [-0.39, 0.29) is 24.0 Å². The number of aryl methyl sites for hydroxylation is 1. The lowest BCUT2D eigenvalue weighted by molar-refractivity contribution is -0.160. The summed E-state index contributed by atoms with van der Waals surface area (Å²) in [5.41, 5.74) is -0.513. The zero-order valence-electron chi connectivity index (χ0n) is 13.5. The van der Waals surface area contributed by atoms with E-state index in [1.165, 1.54) is 0 Å². The minimum absolute atomic E-state index is 0.192. The molecule has 22 heavy (non-hydrogen) atoms. The molecule has 7 nitrogen and oxygen atoms in total. The number of carbonyl (C=O) groups is 2. The number of rotatable bonds is 3. The van der Waals surface area contributed by atoms with Gasteiger partial charge in [0.05, 0.1) is 12.1 Å². The van der Waals surface area contributed by atoms with Gasteiger partial charge in [-0.3, -0.25) is 14.8 Å². The highest BCUT2D eigenvalue weighted by molar-refractivity contribution is 5.89. The van der Waals surface area contributed by atoms with Gasteiger partial charge < -0.3 is 10.1 Å². The summed E-state index contributed by atoms with van der Waals surface area (Å²) in [7, 11) is 1.74. The average molecular weight is 308 g/mol. The molecule has 2 rings (SSSR count). The fourth-order valence-electron chi connectivity index (χ4n) is 2.61. The Morgan fingerprint density at radius 1 is 1.36 bits per heavy atom. The SMILES string of the molecule is Cn1nccc1NC(=O)NC1CCCC1C(=O)OC(C)(C)C. The molecule has 1 aromatic rings. The van der Waals surface area contributed by atoms with E-state index in [9.17, 15) is 9.59 Å². The summed E-state index contributed by atoms with van der Waals surface area (Å²) >= 11 is 0. The maximum absolute atomic E-state index is 12.2. The van der Waals surface area contributed by atoms with Gasteiger partial charge in [-0.05, 0) is 33.6 Å². The molecule has 2 unspecified atom stereocenters. The molecule has 7 heteroatoms. The molecule has 122 valence electrons. The predicted octanol–water partition coefficient (Wildman–Crippen LogP) is 2.05. The molecule has 0 bridgehead atoms. The van der Waals surface area contributed by atoms with Crippen LogP contribution in [0.15, 0.2) is 12.3 Å². The van der Waals surface area contributed by atoms with Gasteiger partial charge in [-0.15, -0.1) is 0 Å². The fourth-order valence-corrected chi connectivity index (χ4v) is 2.61. The summed E-state index contributed by atoms with van der Waals surface area (Å²) < 4.78 is 7.00. The molecule has 0 radical (unpaired) electrons. The summed E-state index contributed by atoms with van der Waals surface area (Å²) in [6.45, 7) is 5.53. The smallest absolute Gasteiger partial charge is 0.320 e. The van der Waals surface area contributed by atoms with Crippen molar-refractivity contribution in [3.63, 3.8) is 0 Å². The third-order valence-corrected chi connectivity index (χ3v) is 3.60. The number of amides is 2. The number of urea groups is 1. The van der Waals surface area contributed by atoms with E-state index in [2.05, 4.69) is 15.7 Å². The second-order valence-electron chi connectivity index (χ2n) is 6.62. The number of ether oxygens (including phenoxy) is 1. The third kappa shape index (κ3) is 4.22. The lowest BCUT2D eigenvalue weighted by Crippen LogP contribution is -2.44. The first kappa shape index (κ1) is 16.3. The summed E-state index contributed by atoms with van der Waals surface area (Å²) in [5, 5.41) is 9.58. The van der Waals surface area contributed by atoms with Crippen molar-refractivity contribution in [2.24, 2.45) is 13.0 Å². The summed E-state index contributed by atoms with van der Waals surface area (Å²) in [6, 6.07) is 1.19. The third-order valence-electron chi connectivity index (χ3n) is 3.60. The second kappa shape index (κ2) is 6.37. The molecule has 1 fully saturated rings. The molecule has 0 spiro atoms. The van der Waals surface area contributed by atoms with Crippen LogP contribution in [0.4, 0.5) is 10.6 Å². The van der Waals surface area contributed by atoms with Crippen molar-refractivity contribution in [2.75, 3.05) is 5.32 Å². The number of hydrogen-bond acceptors (Lipinski definition) is 4. The van der Waals surface area contributed by atoms with Crippen molar-refractivity contribution in [1.82, 2.24) is 15.1 Å². The van der Waals surface area contributed by atoms with Crippen LogP contribution in [0.5, 0.6) is 0 Å². The summed E-state index contributed by atoms with van der Waals surface area (Å²) in [6.07, 6.45) is 4.03. The molecule has 0 aromatic carbocycles. The molecule has 1 aromatic heterocycles. The van der Waals surface area contributed by atoms with Crippen LogP contribution in [-0.2, 0) is 16.6 Å². The van der Waals surface area contributed by atoms with Gasteiger partial charge in [0.2, 0.25) is 0 Å². The van der Waals surface area contributed by atoms with Crippen LogP contribution in [-0.4, -0.2) is 33.4 Å². The largest absolute Gasteiger partial charge is 0.460 e. The lowest BCUT2D eigenvalue weighted by Gasteiger charge is -2.25. The van der Waals surface area contributed by atoms with E-state index in [4.69, 9.17) is 4.74 Å². The normalized spacial score (nSPS) is 21.5. The molecule has 1 heterocycles. The van der Waals surface area contributed by atoms with Crippen LogP contribution in [0.25, 0.3) is 0 Å². The molecular weight excluding hydrogens is 284 g/mol. The standard InChI is InChI=1S/C15H24N4O3/c1-15(2,3)22-13(20)10-6-5-7-11(10)17-14(21)18-12-8-9-16-19(12)4/h8-11H,5-7H2,1-4H3,(H2,17,18,21). The van der Waals surface area contributed by atoms with Crippen molar-refractivity contribution in [1.29, 1.82) is 0 Å². The van der Waals surface area contributed by atoms with Crippen molar-refractivity contribution < 1.29 is 14.3 Å². The number of nitrogens with zero attached hydrogens (tertiary/aromatic N) is 2. The molecule has 0 saturated heterocycles. The van der Waals surface area contributed by atoms with Gasteiger partial charge in [0.25, 0.3) is 0 Å². The Balaban J connectivity index is 1.92. The van der Waals surface area contributed by atoms with E-state index in [0.717, 1.165) is 19.3 Å². The van der Waals surface area contributed by atoms with Gasteiger partial charge in [-0.1, -0.05) is 6.42 Å². The highest BCUT2D eigenvalue weighted by Gasteiger charge is 2.36. The number of aromatic nitrogens is 2. The maximum atomic E-state index is 12.2. The van der Waals surface area contributed by atoms with Gasteiger partial charge in [0.15, 0.2) is 0 Å². The molecule has 2 amide bonds. The average Bonchev–Trinajstić information content (AvgIpc) is 2.97. The minimum Gasteiger partial charge on any atom is -0.460 e. The zero-order chi connectivity index (χ0) is 16.3. The van der Waals surface area contributed by atoms with E-state index >= 15 is 0 Å². The molecule has 1 saturated carbocycles. The molecule has 1 aliphatic carbocycles. The van der Waals surface area contributed by atoms with E-state index in [1.807, 2.05) is 20.8 Å². The Bertz CT molecular complexity index is 547. The van der Waals surface area contributed by atoms with Crippen LogP contribution < -0.4 is 10.6 Å². The number of hydrogen-bond donors (Lipinski definition) is 2. The molecule has 2 atom stereocenters. The zero-order valence-corrected chi connectivity index (χ0v) is 13.5. The minimum atomic E-state index is -0.513. The number of anilines is 1. The monoisotopic (exact) mass is 308 g/mol. The lowest BCUT2D eigenvalue weighted by atomic mass is 10.0. The first-order valence-electron chi connectivity index (χ1n) is 7.54. The number of esters is 1. The molecule has 2 N–H and O–H groups in total. The highest BCUT2D eigenvalue weighted by atomic mass is 16.6. The first-order chi connectivity index (χ1) is 10.3. The Kier molecular flexibility index (Phi) is 4.73. The van der Waals surface area contributed by atoms with Crippen LogP contribution in [0.2, 0.25) is 0 Å². The molecule has 1 aliphatic rings. The van der Waals surface area contributed by atoms with Crippen LogP contribution in [0, 0.1) is 5.92 Å². The summed E-state index contributed by atoms with van der Waals surface area (Å²) in [4.78, 5) is 24.3. The van der Waals surface area contributed by atoms with Crippen LogP contribution in [0.1, 0.15) is 40.0 Å². The van der Waals surface area contributed by atoms with E-state index in [1.54, 1.807) is 24.0 Å². The highest BCUT2D eigenvalue weighted by Crippen LogP contribution is 2.28.